The molecule has 19 heavy (non-hydrogen) atoms. The van der Waals surface area contributed by atoms with Gasteiger partial charge in [0.1, 0.15) is 0 Å². The van der Waals surface area contributed by atoms with Crippen molar-refractivity contribution in [3.8, 4) is 0 Å². The SMILES string of the molecule is CN(C)CCN(C(=O)c1ccoc1Cl)C1CCCC1. The highest BCUT2D eigenvalue weighted by Crippen LogP contribution is 2.27. The Bertz CT molecular complexity index is 425. The van der Waals surface area contributed by atoms with Crippen LogP contribution in [0.2, 0.25) is 5.22 Å². The maximum absolute atomic E-state index is 12.6. The molecule has 1 fully saturated rings. The lowest BCUT2D eigenvalue weighted by molar-refractivity contribution is 0.0667. The predicted molar refractivity (Wildman–Crippen MR) is 75.6 cm³/mol. The maximum atomic E-state index is 12.6. The third kappa shape index (κ3) is 3.51. The summed E-state index contributed by atoms with van der Waals surface area (Å²) in [7, 11) is 4.03. The molecule has 1 amide bonds. The lowest BCUT2D eigenvalue weighted by atomic mass is 10.1. The summed E-state index contributed by atoms with van der Waals surface area (Å²) in [5.41, 5.74) is 0.479. The fourth-order valence-corrected chi connectivity index (χ4v) is 2.77. The van der Waals surface area contributed by atoms with Gasteiger partial charge >= 0.3 is 0 Å². The van der Waals surface area contributed by atoms with E-state index in [0.29, 0.717) is 11.6 Å². The summed E-state index contributed by atoms with van der Waals surface area (Å²) in [6.07, 6.45) is 6.06. The largest absolute Gasteiger partial charge is 0.452 e. The van der Waals surface area contributed by atoms with Crippen molar-refractivity contribution in [1.82, 2.24) is 9.80 Å². The molecule has 5 heteroatoms. The topological polar surface area (TPSA) is 36.7 Å². The minimum absolute atomic E-state index is 0.00694. The standard InChI is InChI=1S/C14H21ClN2O2/c1-16(2)8-9-17(11-5-3-4-6-11)14(18)12-7-10-19-13(12)15/h7,10-11H,3-6,8-9H2,1-2H3. The van der Waals surface area contributed by atoms with Gasteiger partial charge in [-0.2, -0.15) is 0 Å². The Morgan fingerprint density at radius 3 is 2.58 bits per heavy atom. The fraction of sp³-hybridized carbons (Fsp3) is 0.643. The van der Waals surface area contributed by atoms with E-state index in [-0.39, 0.29) is 11.1 Å². The average Bonchev–Trinajstić information content (AvgIpc) is 3.00. The fourth-order valence-electron chi connectivity index (χ4n) is 2.57. The van der Waals surface area contributed by atoms with Crippen molar-refractivity contribution in [1.29, 1.82) is 0 Å². The lowest BCUT2D eigenvalue weighted by Crippen LogP contribution is -2.42. The second-order valence-corrected chi connectivity index (χ2v) is 5.69. The van der Waals surface area contributed by atoms with E-state index < -0.39 is 0 Å². The molecule has 0 aliphatic heterocycles. The molecule has 2 rings (SSSR count). The Kier molecular flexibility index (Phi) is 4.88. The highest BCUT2D eigenvalue weighted by Gasteiger charge is 2.29. The van der Waals surface area contributed by atoms with E-state index in [4.69, 9.17) is 16.0 Å². The molecule has 0 saturated heterocycles. The van der Waals surface area contributed by atoms with Crippen LogP contribution in [0.3, 0.4) is 0 Å². The monoisotopic (exact) mass is 284 g/mol. The summed E-state index contributed by atoms with van der Waals surface area (Å²) in [6.45, 7) is 1.59. The van der Waals surface area contributed by atoms with E-state index in [2.05, 4.69) is 4.90 Å². The van der Waals surface area contributed by atoms with Gasteiger partial charge in [-0.25, -0.2) is 0 Å². The number of furan rings is 1. The van der Waals surface area contributed by atoms with E-state index in [0.717, 1.165) is 25.9 Å². The Hall–Kier alpha value is -1.00. The van der Waals surface area contributed by atoms with E-state index in [1.165, 1.54) is 19.1 Å². The molecule has 1 aromatic heterocycles. The van der Waals surface area contributed by atoms with Crippen LogP contribution in [0.5, 0.6) is 0 Å². The van der Waals surface area contributed by atoms with Gasteiger partial charge in [0.15, 0.2) is 0 Å². The zero-order valence-corrected chi connectivity index (χ0v) is 12.3. The van der Waals surface area contributed by atoms with Crippen LogP contribution < -0.4 is 0 Å². The van der Waals surface area contributed by atoms with Crippen molar-refractivity contribution in [2.45, 2.75) is 31.7 Å². The van der Waals surface area contributed by atoms with Crippen molar-refractivity contribution in [3.63, 3.8) is 0 Å². The van der Waals surface area contributed by atoms with Gasteiger partial charge in [0, 0.05) is 19.1 Å². The van der Waals surface area contributed by atoms with Crippen LogP contribution in [0.15, 0.2) is 16.7 Å². The molecular weight excluding hydrogens is 264 g/mol. The molecule has 0 N–H and O–H groups in total. The molecule has 0 aromatic carbocycles. The first-order chi connectivity index (χ1) is 9.09. The van der Waals surface area contributed by atoms with Crippen LogP contribution in [0, 0.1) is 0 Å². The van der Waals surface area contributed by atoms with Gasteiger partial charge in [-0.15, -0.1) is 0 Å². The quantitative estimate of drug-likeness (QED) is 0.834. The van der Waals surface area contributed by atoms with Crippen molar-refractivity contribution in [2.75, 3.05) is 27.2 Å². The van der Waals surface area contributed by atoms with Crippen LogP contribution in [0.1, 0.15) is 36.0 Å². The maximum Gasteiger partial charge on any atom is 0.259 e. The van der Waals surface area contributed by atoms with Crippen molar-refractivity contribution in [3.05, 3.63) is 23.1 Å². The number of nitrogens with zero attached hydrogens (tertiary/aromatic N) is 2. The van der Waals surface area contributed by atoms with Crippen LogP contribution in [-0.4, -0.2) is 48.9 Å². The third-order valence-corrected chi connectivity index (χ3v) is 3.96. The first-order valence-corrected chi connectivity index (χ1v) is 7.16. The van der Waals surface area contributed by atoms with E-state index in [1.807, 2.05) is 19.0 Å². The summed E-state index contributed by atoms with van der Waals surface area (Å²) in [5, 5.41) is 0.192. The summed E-state index contributed by atoms with van der Waals surface area (Å²) in [5.74, 6) is -0.00694. The van der Waals surface area contributed by atoms with Gasteiger partial charge in [0.05, 0.1) is 11.8 Å². The van der Waals surface area contributed by atoms with E-state index in [1.54, 1.807) is 6.07 Å². The third-order valence-electron chi connectivity index (χ3n) is 3.66. The Balaban J connectivity index is 2.11. The number of hydrogen-bond acceptors (Lipinski definition) is 3. The average molecular weight is 285 g/mol. The highest BCUT2D eigenvalue weighted by molar-refractivity contribution is 6.32. The van der Waals surface area contributed by atoms with Crippen LogP contribution in [0.4, 0.5) is 0 Å². The van der Waals surface area contributed by atoms with E-state index in [9.17, 15) is 4.79 Å². The molecule has 0 unspecified atom stereocenters. The number of likely N-dealkylation sites (N-methyl/N-ethyl adjacent to an activating group) is 1. The molecule has 0 atom stereocenters. The van der Waals surface area contributed by atoms with E-state index >= 15 is 0 Å². The van der Waals surface area contributed by atoms with Gasteiger partial charge < -0.3 is 14.2 Å². The minimum Gasteiger partial charge on any atom is -0.452 e. The van der Waals surface area contributed by atoms with Crippen molar-refractivity contribution < 1.29 is 9.21 Å². The first kappa shape index (κ1) is 14.4. The van der Waals surface area contributed by atoms with Crippen LogP contribution >= 0.6 is 11.6 Å². The van der Waals surface area contributed by atoms with Gasteiger partial charge in [0.25, 0.3) is 5.91 Å². The molecule has 0 radical (unpaired) electrons. The number of halogens is 1. The summed E-state index contributed by atoms with van der Waals surface area (Å²) in [4.78, 5) is 16.6. The molecule has 1 heterocycles. The van der Waals surface area contributed by atoms with Gasteiger partial charge in [-0.05, 0) is 44.6 Å². The summed E-state index contributed by atoms with van der Waals surface area (Å²) < 4.78 is 5.03. The molecule has 1 aromatic rings. The van der Waals surface area contributed by atoms with Crippen molar-refractivity contribution >= 4 is 17.5 Å². The van der Waals surface area contributed by atoms with Crippen LogP contribution in [-0.2, 0) is 0 Å². The molecule has 1 aliphatic rings. The number of carbonyl (C=O) groups is 1. The minimum atomic E-state index is -0.00694. The number of amides is 1. The molecule has 106 valence electrons. The van der Waals surface area contributed by atoms with Gasteiger partial charge in [0.2, 0.25) is 5.22 Å². The zero-order chi connectivity index (χ0) is 13.8. The summed E-state index contributed by atoms with van der Waals surface area (Å²) in [6, 6.07) is 2.00. The first-order valence-electron chi connectivity index (χ1n) is 6.78. The predicted octanol–water partition coefficient (Wildman–Crippen LogP) is 2.88. The molecule has 4 nitrogen and oxygen atoms in total. The molecular formula is C14H21ClN2O2. The van der Waals surface area contributed by atoms with Crippen molar-refractivity contribution in [2.24, 2.45) is 0 Å². The Morgan fingerprint density at radius 1 is 1.37 bits per heavy atom. The highest BCUT2D eigenvalue weighted by atomic mass is 35.5. The molecule has 0 spiro atoms. The Labute approximate surface area is 119 Å². The second kappa shape index (κ2) is 6.44. The Morgan fingerprint density at radius 2 is 2.05 bits per heavy atom. The summed E-state index contributed by atoms with van der Waals surface area (Å²) >= 11 is 5.92. The molecule has 1 aliphatic carbocycles. The van der Waals surface area contributed by atoms with Crippen LogP contribution in [0.25, 0.3) is 0 Å². The van der Waals surface area contributed by atoms with Gasteiger partial charge in [-0.3, -0.25) is 4.79 Å². The second-order valence-electron chi connectivity index (χ2n) is 5.35. The lowest BCUT2D eigenvalue weighted by Gasteiger charge is -2.30. The number of carbonyl (C=O) groups excluding carboxylic acids is 1. The molecule has 0 bridgehead atoms. The zero-order valence-electron chi connectivity index (χ0n) is 11.6. The smallest absolute Gasteiger partial charge is 0.259 e. The van der Waals surface area contributed by atoms with Gasteiger partial charge in [-0.1, -0.05) is 12.8 Å². The normalized spacial score (nSPS) is 16.2. The number of hydrogen-bond donors (Lipinski definition) is 0. The molecule has 1 saturated carbocycles. The number of rotatable bonds is 5.